The second kappa shape index (κ2) is 4.98. The third kappa shape index (κ3) is 3.09. The van der Waals surface area contributed by atoms with Crippen molar-refractivity contribution in [3.63, 3.8) is 0 Å². The molecule has 1 saturated heterocycles. The van der Waals surface area contributed by atoms with Crippen molar-refractivity contribution < 1.29 is 9.21 Å². The maximum Gasteiger partial charge on any atom is 0.221 e. The zero-order valence-corrected chi connectivity index (χ0v) is 8.66. The van der Waals surface area contributed by atoms with E-state index >= 15 is 0 Å². The van der Waals surface area contributed by atoms with Crippen LogP contribution in [0.25, 0.3) is 0 Å². The summed E-state index contributed by atoms with van der Waals surface area (Å²) in [5.74, 6) is 0.107. The minimum Gasteiger partial charge on any atom is -0.472 e. The lowest BCUT2D eigenvalue weighted by Crippen LogP contribution is -2.31. The van der Waals surface area contributed by atoms with Crippen LogP contribution in [0.5, 0.6) is 0 Å². The fourth-order valence-corrected chi connectivity index (χ4v) is 1.82. The van der Waals surface area contributed by atoms with Gasteiger partial charge in [0.25, 0.3) is 0 Å². The van der Waals surface area contributed by atoms with Gasteiger partial charge in [-0.25, -0.2) is 0 Å². The molecule has 1 aromatic heterocycles. The highest BCUT2D eigenvalue weighted by Crippen LogP contribution is 2.08. The minimum atomic E-state index is 0.107. The highest BCUT2D eigenvalue weighted by atomic mass is 16.3. The average molecular weight is 208 g/mol. The van der Waals surface area contributed by atoms with Crippen LogP contribution in [0.1, 0.15) is 24.8 Å². The summed E-state index contributed by atoms with van der Waals surface area (Å²) in [6, 6.07) is 2.23. The lowest BCUT2D eigenvalue weighted by Gasteiger charge is -2.09. The number of carbonyl (C=O) groups is 1. The zero-order chi connectivity index (χ0) is 10.5. The van der Waals surface area contributed by atoms with Gasteiger partial charge >= 0.3 is 0 Å². The van der Waals surface area contributed by atoms with E-state index in [1.807, 2.05) is 6.07 Å². The molecular formula is C11H16N2O2. The van der Waals surface area contributed by atoms with Crippen molar-refractivity contribution in [3.05, 3.63) is 24.2 Å². The number of furan rings is 1. The van der Waals surface area contributed by atoms with Gasteiger partial charge in [-0.2, -0.15) is 0 Å². The second-order valence-electron chi connectivity index (χ2n) is 3.91. The van der Waals surface area contributed by atoms with E-state index in [0.717, 1.165) is 18.5 Å². The SMILES string of the molecule is O=C(CC1CCCN1)NCc1ccoc1. The lowest BCUT2D eigenvalue weighted by molar-refractivity contribution is -0.121. The van der Waals surface area contributed by atoms with Gasteiger partial charge in [0.1, 0.15) is 0 Å². The fourth-order valence-electron chi connectivity index (χ4n) is 1.82. The normalized spacial score (nSPS) is 20.4. The van der Waals surface area contributed by atoms with Crippen LogP contribution in [-0.4, -0.2) is 18.5 Å². The molecule has 1 unspecified atom stereocenters. The van der Waals surface area contributed by atoms with E-state index in [4.69, 9.17) is 4.42 Å². The van der Waals surface area contributed by atoms with Gasteiger partial charge in [0.15, 0.2) is 0 Å². The second-order valence-corrected chi connectivity index (χ2v) is 3.91. The van der Waals surface area contributed by atoms with E-state index in [0.29, 0.717) is 19.0 Å². The molecule has 0 aromatic carbocycles. The van der Waals surface area contributed by atoms with Crippen molar-refractivity contribution in [1.29, 1.82) is 0 Å². The number of hydrogen-bond donors (Lipinski definition) is 2. The molecule has 0 spiro atoms. The predicted molar refractivity (Wildman–Crippen MR) is 56.2 cm³/mol. The minimum absolute atomic E-state index is 0.107. The molecule has 1 fully saturated rings. The summed E-state index contributed by atoms with van der Waals surface area (Å²) in [6.07, 6.45) is 6.13. The predicted octanol–water partition coefficient (Wildman–Crippen LogP) is 1.04. The van der Waals surface area contributed by atoms with E-state index in [1.165, 1.54) is 6.42 Å². The third-order valence-corrected chi connectivity index (χ3v) is 2.66. The molecule has 1 atom stereocenters. The first-order chi connectivity index (χ1) is 7.34. The number of rotatable bonds is 4. The Bertz CT molecular complexity index is 302. The van der Waals surface area contributed by atoms with Gasteiger partial charge in [0.05, 0.1) is 12.5 Å². The molecule has 1 aliphatic heterocycles. The van der Waals surface area contributed by atoms with Crippen molar-refractivity contribution >= 4 is 5.91 Å². The van der Waals surface area contributed by atoms with Crippen molar-refractivity contribution in [3.8, 4) is 0 Å². The van der Waals surface area contributed by atoms with Crippen molar-refractivity contribution in [2.45, 2.75) is 31.8 Å². The molecule has 0 radical (unpaired) electrons. The van der Waals surface area contributed by atoms with Crippen LogP contribution >= 0.6 is 0 Å². The molecule has 15 heavy (non-hydrogen) atoms. The van der Waals surface area contributed by atoms with Crippen LogP contribution < -0.4 is 10.6 Å². The Morgan fingerprint density at radius 1 is 1.67 bits per heavy atom. The van der Waals surface area contributed by atoms with Crippen LogP contribution in [0.2, 0.25) is 0 Å². The molecule has 2 N–H and O–H groups in total. The van der Waals surface area contributed by atoms with Gasteiger partial charge in [-0.15, -0.1) is 0 Å². The molecule has 4 heteroatoms. The number of carbonyl (C=O) groups excluding carboxylic acids is 1. The molecule has 4 nitrogen and oxygen atoms in total. The fraction of sp³-hybridized carbons (Fsp3) is 0.545. The van der Waals surface area contributed by atoms with Crippen molar-refractivity contribution in [1.82, 2.24) is 10.6 Å². The molecule has 1 amide bonds. The van der Waals surface area contributed by atoms with E-state index < -0.39 is 0 Å². The molecule has 82 valence electrons. The molecular weight excluding hydrogens is 192 g/mol. The molecule has 0 bridgehead atoms. The maximum atomic E-state index is 11.5. The monoisotopic (exact) mass is 208 g/mol. The van der Waals surface area contributed by atoms with Crippen LogP contribution in [0.15, 0.2) is 23.0 Å². The zero-order valence-electron chi connectivity index (χ0n) is 8.66. The van der Waals surface area contributed by atoms with Gasteiger partial charge in [-0.3, -0.25) is 4.79 Å². The Labute approximate surface area is 89.0 Å². The van der Waals surface area contributed by atoms with Gasteiger partial charge in [0.2, 0.25) is 5.91 Å². The van der Waals surface area contributed by atoms with Gasteiger partial charge in [0, 0.05) is 24.6 Å². The van der Waals surface area contributed by atoms with Crippen LogP contribution in [0.3, 0.4) is 0 Å². The summed E-state index contributed by atoms with van der Waals surface area (Å²) >= 11 is 0. The Morgan fingerprint density at radius 2 is 2.60 bits per heavy atom. The number of nitrogens with one attached hydrogen (secondary N) is 2. The number of hydrogen-bond acceptors (Lipinski definition) is 3. The average Bonchev–Trinajstić information content (AvgIpc) is 2.86. The van der Waals surface area contributed by atoms with E-state index in [1.54, 1.807) is 12.5 Å². The summed E-state index contributed by atoms with van der Waals surface area (Å²) in [5.41, 5.74) is 1.00. The van der Waals surface area contributed by atoms with Gasteiger partial charge in [-0.1, -0.05) is 0 Å². The lowest BCUT2D eigenvalue weighted by atomic mass is 10.1. The highest BCUT2D eigenvalue weighted by Gasteiger charge is 2.17. The van der Waals surface area contributed by atoms with Crippen molar-refractivity contribution in [2.24, 2.45) is 0 Å². The standard InChI is InChI=1S/C11H16N2O2/c14-11(6-10-2-1-4-12-10)13-7-9-3-5-15-8-9/h3,5,8,10,12H,1-2,4,6-7H2,(H,13,14). The van der Waals surface area contributed by atoms with Crippen LogP contribution in [0, 0.1) is 0 Å². The summed E-state index contributed by atoms with van der Waals surface area (Å²) in [4.78, 5) is 11.5. The first-order valence-electron chi connectivity index (χ1n) is 5.36. The first kappa shape index (κ1) is 10.2. The van der Waals surface area contributed by atoms with Gasteiger partial charge in [-0.05, 0) is 25.5 Å². The molecule has 2 heterocycles. The van der Waals surface area contributed by atoms with Gasteiger partial charge < -0.3 is 15.1 Å². The smallest absolute Gasteiger partial charge is 0.221 e. The van der Waals surface area contributed by atoms with Crippen molar-refractivity contribution in [2.75, 3.05) is 6.54 Å². The Hall–Kier alpha value is -1.29. The first-order valence-corrected chi connectivity index (χ1v) is 5.36. The summed E-state index contributed by atoms with van der Waals surface area (Å²) in [6.45, 7) is 1.60. The molecule has 2 rings (SSSR count). The third-order valence-electron chi connectivity index (χ3n) is 2.66. The Kier molecular flexibility index (Phi) is 3.40. The molecule has 0 aliphatic carbocycles. The maximum absolute atomic E-state index is 11.5. The topological polar surface area (TPSA) is 54.3 Å². The number of amides is 1. The summed E-state index contributed by atoms with van der Waals surface area (Å²) in [7, 11) is 0. The molecule has 1 aliphatic rings. The van der Waals surface area contributed by atoms with E-state index in [2.05, 4.69) is 10.6 Å². The van der Waals surface area contributed by atoms with E-state index in [9.17, 15) is 4.79 Å². The van der Waals surface area contributed by atoms with E-state index in [-0.39, 0.29) is 5.91 Å². The molecule has 0 saturated carbocycles. The highest BCUT2D eigenvalue weighted by molar-refractivity contribution is 5.76. The quantitative estimate of drug-likeness (QED) is 0.777. The largest absolute Gasteiger partial charge is 0.472 e. The Morgan fingerprint density at radius 3 is 3.27 bits per heavy atom. The summed E-state index contributed by atoms with van der Waals surface area (Å²) in [5, 5.41) is 6.17. The Balaban J connectivity index is 1.68. The molecule has 1 aromatic rings. The van der Waals surface area contributed by atoms with Crippen LogP contribution in [0.4, 0.5) is 0 Å². The summed E-state index contributed by atoms with van der Waals surface area (Å²) < 4.78 is 4.92. The van der Waals surface area contributed by atoms with Crippen LogP contribution in [-0.2, 0) is 11.3 Å².